The van der Waals surface area contributed by atoms with Gasteiger partial charge in [0.05, 0.1) is 58.9 Å². The highest BCUT2D eigenvalue weighted by Crippen LogP contribution is 2.57. The maximum atomic E-state index is 14.8. The Morgan fingerprint density at radius 1 is 0.732 bits per heavy atom. The molecule has 0 radical (unpaired) electrons. The van der Waals surface area contributed by atoms with Gasteiger partial charge in [-0.3, -0.25) is 42.3 Å². The summed E-state index contributed by atoms with van der Waals surface area (Å²) in [4.78, 5) is 64.3. The molecule has 11 rings (SSSR count). The number of fused-ring (bicyclic) bond motifs is 2. The highest BCUT2D eigenvalue weighted by Gasteiger charge is 2.47. The molecule has 0 saturated carbocycles. The number of methoxy groups -OCH3 is 2. The number of hydrogen-bond acceptors (Lipinski definition) is 23. The minimum absolute atomic E-state index is 0.0547. The number of aromatic amines is 2. The van der Waals surface area contributed by atoms with Crippen LogP contribution in [-0.4, -0.2) is 124 Å². The first-order chi connectivity index (χ1) is 39.5. The molecule has 0 bridgehead atoms. The number of ether oxygens (including phenoxy) is 6. The molecule has 5 aromatic heterocycles. The molecule has 3 aliphatic heterocycles. The highest BCUT2D eigenvalue weighted by atomic mass is 32.7. The van der Waals surface area contributed by atoms with Crippen molar-refractivity contribution in [2.24, 2.45) is 0 Å². The smallest absolute Gasteiger partial charge is 0.386 e. The van der Waals surface area contributed by atoms with E-state index < -0.39 is 98.7 Å². The molecular weight excluding hydrogens is 1150 g/mol. The summed E-state index contributed by atoms with van der Waals surface area (Å²) in [6.45, 7) is -3.69. The normalized spacial score (nSPS) is 24.0. The molecule has 0 aliphatic carbocycles. The van der Waals surface area contributed by atoms with E-state index in [9.17, 15) is 24.1 Å². The molecule has 8 heterocycles. The van der Waals surface area contributed by atoms with Gasteiger partial charge in [-0.05, 0) is 47.9 Å². The van der Waals surface area contributed by atoms with E-state index in [4.69, 9.17) is 58.0 Å². The van der Waals surface area contributed by atoms with Crippen LogP contribution in [0, 0.1) is 6.92 Å². The van der Waals surface area contributed by atoms with Gasteiger partial charge in [0.15, 0.2) is 22.6 Å². The molecule has 27 nitrogen and oxygen atoms in total. The second-order valence-electron chi connectivity index (χ2n) is 19.4. The third-order valence-electron chi connectivity index (χ3n) is 14.4. The fourth-order valence-electron chi connectivity index (χ4n) is 10.3. The van der Waals surface area contributed by atoms with E-state index in [1.807, 2.05) is 78.9 Å². The number of rotatable bonds is 21. The van der Waals surface area contributed by atoms with Gasteiger partial charge in [0.2, 0.25) is 13.5 Å². The summed E-state index contributed by atoms with van der Waals surface area (Å²) in [6, 6.07) is 24.4. The number of imidazole rings is 2. The van der Waals surface area contributed by atoms with Crippen molar-refractivity contribution >= 4 is 73.0 Å². The van der Waals surface area contributed by atoms with E-state index in [0.717, 1.165) is 16.7 Å². The lowest BCUT2D eigenvalue weighted by Crippen LogP contribution is -2.38. The summed E-state index contributed by atoms with van der Waals surface area (Å²) in [5.74, 6) is 1.28. The summed E-state index contributed by atoms with van der Waals surface area (Å²) < 4.78 is 81.6. The molecule has 0 spiro atoms. The largest absolute Gasteiger partial charge is 0.497 e. The summed E-state index contributed by atoms with van der Waals surface area (Å²) in [6.07, 6.45) is -2.74. The van der Waals surface area contributed by atoms with Crippen LogP contribution < -0.4 is 37.7 Å². The summed E-state index contributed by atoms with van der Waals surface area (Å²) >= 11 is 9.15. The number of aryl methyl sites for hydroxylation is 1. The topological polar surface area (TPSA) is 344 Å². The Kier molecular flexibility index (Phi) is 16.7. The molecule has 11 atom stereocenters. The second-order valence-corrected chi connectivity index (χ2v) is 24.2. The summed E-state index contributed by atoms with van der Waals surface area (Å²) in [7, 11) is 1.11. The number of H-pyrrole nitrogens is 2. The van der Waals surface area contributed by atoms with Crippen molar-refractivity contribution in [3.63, 3.8) is 0 Å². The molecular formula is C51H56N12O15P2S2. The van der Waals surface area contributed by atoms with Gasteiger partial charge in [-0.15, -0.1) is 0 Å². The number of nitrogen functional groups attached to an aromatic ring is 2. The van der Waals surface area contributed by atoms with Gasteiger partial charge < -0.3 is 54.0 Å². The predicted molar refractivity (Wildman–Crippen MR) is 302 cm³/mol. The zero-order chi connectivity index (χ0) is 57.5. The maximum Gasteiger partial charge on any atom is 0.386 e. The van der Waals surface area contributed by atoms with Crippen LogP contribution >= 0.6 is 38.9 Å². The second kappa shape index (κ2) is 24.0. The lowest BCUT2D eigenvalue weighted by molar-refractivity contribution is -0.0928. The Bertz CT molecular complexity index is 3760. The van der Waals surface area contributed by atoms with Crippen molar-refractivity contribution in [3.05, 3.63) is 157 Å². The number of aliphatic hydroxyl groups excluding tert-OH is 1. The summed E-state index contributed by atoms with van der Waals surface area (Å²) in [5.41, 5.74) is 12.1. The van der Waals surface area contributed by atoms with Crippen LogP contribution in [-0.2, 0) is 47.2 Å². The average Bonchev–Trinajstić information content (AvgIpc) is 4.12. The van der Waals surface area contributed by atoms with Crippen molar-refractivity contribution in [2.75, 3.05) is 45.5 Å². The first-order valence-corrected chi connectivity index (χ1v) is 30.6. The standard InChI is InChI=1S/C51H56N12O15P2S2/c1-27-20-61(50(67)60-47(27)65)40-19-35(37(75-40)21-71-51(28-7-5-4-6-8-28,29-9-13-31(69-2)14-10-29)30-11-15-32(70-3)16-12-30)78-80(68,82)73-23-38-34(18-41(76-38)62-25-56-42-44(52)54-24-55-45(42)62)77-79(81)72-22-36-33(64)17-39(74-36)63-26-57-43-46(63)58-49(53)59-48(43)66/h4-16,20,24-26,33-41,64,81H,17-19,21-23H2,1-3H3,(H,68,82)(H2,52,54,55)(H,60,65,67)(H3,53,58,59,66)/t33?,34?,35?,36-,37-,38-,39-,40-,41-,79-,80-/m1/s1. The molecule has 3 aromatic carbocycles. The van der Waals surface area contributed by atoms with Crippen LogP contribution in [0.3, 0.4) is 0 Å². The third kappa shape index (κ3) is 11.7. The van der Waals surface area contributed by atoms with Gasteiger partial charge in [0.25, 0.3) is 11.1 Å². The van der Waals surface area contributed by atoms with E-state index in [1.54, 1.807) is 25.7 Å². The van der Waals surface area contributed by atoms with Crippen molar-refractivity contribution in [1.29, 1.82) is 0 Å². The lowest BCUT2D eigenvalue weighted by atomic mass is 9.80. The van der Waals surface area contributed by atoms with Crippen LogP contribution in [0.1, 0.15) is 60.2 Å². The predicted octanol–water partition coefficient (Wildman–Crippen LogP) is 5.23. The van der Waals surface area contributed by atoms with Gasteiger partial charge >= 0.3 is 12.5 Å². The number of hydrogen-bond donors (Lipinski definition) is 7. The first kappa shape index (κ1) is 57.3. The highest BCUT2D eigenvalue weighted by molar-refractivity contribution is 8.44. The Hall–Kier alpha value is -6.56. The molecule has 3 saturated heterocycles. The monoisotopic (exact) mass is 1200 g/mol. The fourth-order valence-corrected chi connectivity index (χ4v) is 13.1. The van der Waals surface area contributed by atoms with Crippen LogP contribution in [0.5, 0.6) is 11.5 Å². The number of nitrogens with zero attached hydrogens (tertiary/aromatic N) is 8. The third-order valence-corrected chi connectivity index (χ3v) is 17.5. The molecule has 0 amide bonds. The van der Waals surface area contributed by atoms with Crippen molar-refractivity contribution in [1.82, 2.24) is 48.6 Å². The SMILES string of the molecule is COc1ccc(C(OC[C@H]2O[C@@H](n3cc(C)c(=O)[nH]c3=O)CC2O[P@](=O)(S)OC[C@H]2O[C@@H](n3cnc4c(N)ncnc43)CC2O[P@](S)OC[C@H]2O[C@@H](n3cnc4c(=O)[nH]c(N)nc43)CC2O)(c2ccccc2)c2ccc(OC)cc2)cc1. The van der Waals surface area contributed by atoms with E-state index in [-0.39, 0.29) is 61.0 Å². The minimum Gasteiger partial charge on any atom is -0.497 e. The van der Waals surface area contributed by atoms with E-state index in [2.05, 4.69) is 59.4 Å². The van der Waals surface area contributed by atoms with Crippen molar-refractivity contribution < 1.29 is 56.2 Å². The van der Waals surface area contributed by atoms with Gasteiger partial charge in [-0.2, -0.15) is 4.98 Å². The molecule has 82 heavy (non-hydrogen) atoms. The molecule has 31 heteroatoms. The molecule has 3 aliphatic rings. The van der Waals surface area contributed by atoms with E-state index >= 15 is 0 Å². The number of nitrogens with two attached hydrogens (primary N) is 2. The van der Waals surface area contributed by atoms with E-state index in [1.165, 1.54) is 34.3 Å². The zero-order valence-corrected chi connectivity index (χ0v) is 47.5. The number of benzene rings is 3. The molecule has 8 aromatic rings. The lowest BCUT2D eigenvalue weighted by Gasteiger charge is -2.37. The number of nitrogens with one attached hydrogen (secondary N) is 2. The zero-order valence-electron chi connectivity index (χ0n) is 43.9. The van der Waals surface area contributed by atoms with Crippen LogP contribution in [0.25, 0.3) is 22.3 Å². The number of anilines is 2. The number of aliphatic hydroxyl groups is 1. The first-order valence-electron chi connectivity index (χ1n) is 25.6. The number of aromatic nitrogens is 10. The fraction of sp³-hybridized carbons (Fsp3) is 0.373. The molecule has 3 unspecified atom stereocenters. The Morgan fingerprint density at radius 3 is 2.01 bits per heavy atom. The van der Waals surface area contributed by atoms with Gasteiger partial charge in [0.1, 0.15) is 72.0 Å². The van der Waals surface area contributed by atoms with Gasteiger partial charge in [-0.1, -0.05) is 79.1 Å². The molecule has 3 fully saturated rings. The average molecular weight is 1200 g/mol. The Morgan fingerprint density at radius 2 is 1.33 bits per heavy atom. The van der Waals surface area contributed by atoms with Gasteiger partial charge in [0, 0.05) is 31.0 Å². The quantitative estimate of drug-likeness (QED) is 0.0275. The molecule has 432 valence electrons. The van der Waals surface area contributed by atoms with E-state index in [0.29, 0.717) is 22.7 Å². The van der Waals surface area contributed by atoms with Crippen molar-refractivity contribution in [3.8, 4) is 11.5 Å². The Labute approximate surface area is 477 Å². The Balaban J connectivity index is 0.837. The maximum absolute atomic E-state index is 14.8. The van der Waals surface area contributed by atoms with Crippen LogP contribution in [0.2, 0.25) is 0 Å². The number of thiol groups is 2. The minimum atomic E-state index is -4.44. The summed E-state index contributed by atoms with van der Waals surface area (Å²) in [5, 5.41) is 11.1. The van der Waals surface area contributed by atoms with Crippen LogP contribution in [0.4, 0.5) is 11.8 Å². The molecule has 7 N–H and O–H groups in total. The van der Waals surface area contributed by atoms with Crippen LogP contribution in [0.15, 0.2) is 118 Å². The van der Waals surface area contributed by atoms with Crippen molar-refractivity contribution in [2.45, 2.75) is 87.1 Å². The van der Waals surface area contributed by atoms with Gasteiger partial charge in [-0.25, -0.2) is 29.3 Å².